The summed E-state index contributed by atoms with van der Waals surface area (Å²) in [5, 5.41) is 8.30. The van der Waals surface area contributed by atoms with Crippen molar-refractivity contribution in [2.45, 2.75) is 18.8 Å². The topological polar surface area (TPSA) is 59.7 Å². The third-order valence-corrected chi connectivity index (χ3v) is 4.53. The summed E-state index contributed by atoms with van der Waals surface area (Å²) >= 11 is 0. The molecule has 1 fully saturated rings. The maximum absolute atomic E-state index is 4.78. The van der Waals surface area contributed by atoms with Gasteiger partial charge in [-0.1, -0.05) is 30.3 Å². The zero-order chi connectivity index (χ0) is 16.4. The molecule has 1 aromatic carbocycles. The number of aromatic nitrogens is 5. The van der Waals surface area contributed by atoms with E-state index in [0.717, 1.165) is 49.0 Å². The normalized spacial score (nSPS) is 17.9. The molecule has 0 aliphatic carbocycles. The Hall–Kier alpha value is -2.76. The van der Waals surface area contributed by atoms with Gasteiger partial charge in [-0.25, -0.2) is 9.97 Å². The summed E-state index contributed by atoms with van der Waals surface area (Å²) in [6.45, 7) is 1.93. The van der Waals surface area contributed by atoms with Gasteiger partial charge in [-0.15, -0.1) is 10.2 Å². The van der Waals surface area contributed by atoms with E-state index >= 15 is 0 Å². The number of piperidine rings is 1. The van der Waals surface area contributed by atoms with E-state index in [1.165, 1.54) is 0 Å². The van der Waals surface area contributed by atoms with Gasteiger partial charge in [0.1, 0.15) is 18.0 Å². The first-order chi connectivity index (χ1) is 11.8. The number of hydrogen-bond donors (Lipinski definition) is 0. The van der Waals surface area contributed by atoms with Crippen LogP contribution < -0.4 is 4.90 Å². The summed E-state index contributed by atoms with van der Waals surface area (Å²) in [4.78, 5) is 11.5. The van der Waals surface area contributed by atoms with E-state index < -0.39 is 0 Å². The molecule has 1 unspecified atom stereocenters. The van der Waals surface area contributed by atoms with E-state index in [1.807, 2.05) is 54.2 Å². The fraction of sp³-hybridized carbons (Fsp3) is 0.333. The lowest BCUT2D eigenvalue weighted by Crippen LogP contribution is -2.35. The van der Waals surface area contributed by atoms with E-state index in [2.05, 4.69) is 20.1 Å². The minimum atomic E-state index is 0.390. The van der Waals surface area contributed by atoms with Crippen LogP contribution in [0.2, 0.25) is 0 Å². The molecular weight excluding hydrogens is 300 g/mol. The molecule has 4 rings (SSSR count). The van der Waals surface area contributed by atoms with Crippen LogP contribution in [-0.2, 0) is 7.05 Å². The van der Waals surface area contributed by atoms with E-state index in [9.17, 15) is 0 Å². The predicted octanol–water partition coefficient (Wildman–Crippen LogP) is 2.66. The molecule has 6 heteroatoms. The zero-order valence-corrected chi connectivity index (χ0v) is 13.7. The molecule has 0 radical (unpaired) electrons. The first-order valence-electron chi connectivity index (χ1n) is 8.28. The molecule has 0 bridgehead atoms. The van der Waals surface area contributed by atoms with Gasteiger partial charge in [0.2, 0.25) is 0 Å². The maximum atomic E-state index is 4.78. The van der Waals surface area contributed by atoms with Gasteiger partial charge in [0.15, 0.2) is 5.82 Å². The average Bonchev–Trinajstić information content (AvgIpc) is 3.09. The molecule has 3 aromatic rings. The highest BCUT2D eigenvalue weighted by Gasteiger charge is 2.25. The number of hydrogen-bond acceptors (Lipinski definition) is 5. The van der Waals surface area contributed by atoms with Crippen LogP contribution in [0.25, 0.3) is 11.4 Å². The molecule has 2 aromatic heterocycles. The number of aryl methyl sites for hydroxylation is 1. The minimum absolute atomic E-state index is 0.390. The summed E-state index contributed by atoms with van der Waals surface area (Å²) in [5.41, 5.74) is 1.04. The second-order valence-electron chi connectivity index (χ2n) is 6.19. The molecule has 0 saturated carbocycles. The highest BCUT2D eigenvalue weighted by Crippen LogP contribution is 2.28. The number of rotatable bonds is 3. The Morgan fingerprint density at radius 2 is 2.00 bits per heavy atom. The SMILES string of the molecule is Cn1cnnc1C1CCCN(c2ccnc(-c3ccccc3)n2)C1. The van der Waals surface area contributed by atoms with Crippen molar-refractivity contribution in [2.75, 3.05) is 18.0 Å². The van der Waals surface area contributed by atoms with Crippen molar-refractivity contribution in [3.05, 3.63) is 54.7 Å². The van der Waals surface area contributed by atoms with Gasteiger partial charge in [-0.2, -0.15) is 0 Å². The molecule has 0 N–H and O–H groups in total. The quantitative estimate of drug-likeness (QED) is 0.742. The van der Waals surface area contributed by atoms with Crippen molar-refractivity contribution < 1.29 is 0 Å². The third-order valence-electron chi connectivity index (χ3n) is 4.53. The second-order valence-corrected chi connectivity index (χ2v) is 6.19. The Labute approximate surface area is 141 Å². The summed E-state index contributed by atoms with van der Waals surface area (Å²) < 4.78 is 2.02. The molecule has 122 valence electrons. The van der Waals surface area contributed by atoms with Crippen molar-refractivity contribution in [2.24, 2.45) is 7.05 Å². The van der Waals surface area contributed by atoms with Crippen LogP contribution in [0.4, 0.5) is 5.82 Å². The monoisotopic (exact) mass is 320 g/mol. The van der Waals surface area contributed by atoms with Crippen molar-refractivity contribution >= 4 is 5.82 Å². The van der Waals surface area contributed by atoms with E-state index in [4.69, 9.17) is 4.98 Å². The number of benzene rings is 1. The Balaban J connectivity index is 1.58. The molecule has 1 atom stereocenters. The first-order valence-corrected chi connectivity index (χ1v) is 8.28. The predicted molar refractivity (Wildman–Crippen MR) is 92.7 cm³/mol. The lowest BCUT2D eigenvalue weighted by molar-refractivity contribution is 0.477. The Morgan fingerprint density at radius 3 is 2.79 bits per heavy atom. The molecule has 1 aliphatic heterocycles. The van der Waals surface area contributed by atoms with Crippen LogP contribution >= 0.6 is 0 Å². The number of nitrogens with zero attached hydrogens (tertiary/aromatic N) is 6. The van der Waals surface area contributed by atoms with Crippen molar-refractivity contribution in [3.8, 4) is 11.4 Å². The fourth-order valence-electron chi connectivity index (χ4n) is 3.31. The van der Waals surface area contributed by atoms with Crippen LogP contribution in [0.5, 0.6) is 0 Å². The van der Waals surface area contributed by atoms with Gasteiger partial charge in [-0.3, -0.25) is 0 Å². The van der Waals surface area contributed by atoms with Crippen LogP contribution in [0.15, 0.2) is 48.9 Å². The first kappa shape index (κ1) is 14.8. The lowest BCUT2D eigenvalue weighted by atomic mass is 9.97. The van der Waals surface area contributed by atoms with Gasteiger partial charge < -0.3 is 9.47 Å². The maximum Gasteiger partial charge on any atom is 0.161 e. The fourth-order valence-corrected chi connectivity index (χ4v) is 3.31. The van der Waals surface area contributed by atoms with Crippen LogP contribution in [0.3, 0.4) is 0 Å². The van der Waals surface area contributed by atoms with Crippen LogP contribution in [-0.4, -0.2) is 37.8 Å². The van der Waals surface area contributed by atoms with Gasteiger partial charge in [-0.05, 0) is 18.9 Å². The van der Waals surface area contributed by atoms with E-state index in [0.29, 0.717) is 5.92 Å². The van der Waals surface area contributed by atoms with Gasteiger partial charge in [0.05, 0.1) is 0 Å². The lowest BCUT2D eigenvalue weighted by Gasteiger charge is -2.33. The molecule has 0 amide bonds. The second kappa shape index (κ2) is 6.39. The molecule has 6 nitrogen and oxygen atoms in total. The van der Waals surface area contributed by atoms with Crippen molar-refractivity contribution in [1.82, 2.24) is 24.7 Å². The Bertz CT molecular complexity index is 813. The summed E-state index contributed by atoms with van der Waals surface area (Å²) in [6, 6.07) is 12.1. The highest BCUT2D eigenvalue weighted by atomic mass is 15.3. The summed E-state index contributed by atoms with van der Waals surface area (Å²) in [5.74, 6) is 3.20. The van der Waals surface area contributed by atoms with Gasteiger partial charge in [0, 0.05) is 37.8 Å². The summed E-state index contributed by atoms with van der Waals surface area (Å²) in [7, 11) is 2.01. The third kappa shape index (κ3) is 2.87. The van der Waals surface area contributed by atoms with Gasteiger partial charge in [0.25, 0.3) is 0 Å². The molecule has 0 spiro atoms. The Kier molecular flexibility index (Phi) is 3.94. The van der Waals surface area contributed by atoms with E-state index in [-0.39, 0.29) is 0 Å². The largest absolute Gasteiger partial charge is 0.356 e. The summed E-state index contributed by atoms with van der Waals surface area (Å²) in [6.07, 6.45) is 5.88. The molecular formula is C18H20N6. The Morgan fingerprint density at radius 1 is 1.12 bits per heavy atom. The molecule has 1 saturated heterocycles. The van der Waals surface area contributed by atoms with Gasteiger partial charge >= 0.3 is 0 Å². The molecule has 3 heterocycles. The minimum Gasteiger partial charge on any atom is -0.356 e. The highest BCUT2D eigenvalue weighted by molar-refractivity contribution is 5.57. The molecule has 24 heavy (non-hydrogen) atoms. The smallest absolute Gasteiger partial charge is 0.161 e. The van der Waals surface area contributed by atoms with E-state index in [1.54, 1.807) is 6.33 Å². The van der Waals surface area contributed by atoms with Crippen LogP contribution in [0, 0.1) is 0 Å². The standard InChI is InChI=1S/C18H20N6/c1-23-13-20-22-18(23)15-8-5-11-24(12-15)16-9-10-19-17(21-16)14-6-3-2-4-7-14/h2-4,6-7,9-10,13,15H,5,8,11-12H2,1H3. The average molecular weight is 320 g/mol. The van der Waals surface area contributed by atoms with Crippen molar-refractivity contribution in [1.29, 1.82) is 0 Å². The van der Waals surface area contributed by atoms with Crippen LogP contribution in [0.1, 0.15) is 24.6 Å². The number of anilines is 1. The molecule has 1 aliphatic rings. The van der Waals surface area contributed by atoms with Crippen molar-refractivity contribution in [3.63, 3.8) is 0 Å². The zero-order valence-electron chi connectivity index (χ0n) is 13.7.